The van der Waals surface area contributed by atoms with Gasteiger partial charge in [-0.25, -0.2) is 0 Å². The molecule has 0 fully saturated rings. The van der Waals surface area contributed by atoms with E-state index in [0.717, 1.165) is 22.7 Å². The summed E-state index contributed by atoms with van der Waals surface area (Å²) in [5.74, 6) is 0.723. The number of aliphatic hydroxyl groups is 1. The summed E-state index contributed by atoms with van der Waals surface area (Å²) in [5, 5.41) is 9.22. The number of aliphatic hydroxyl groups excluding tert-OH is 1. The number of hydrogen-bond acceptors (Lipinski definition) is 3. The van der Waals surface area contributed by atoms with Gasteiger partial charge in [0.2, 0.25) is 0 Å². The van der Waals surface area contributed by atoms with Crippen molar-refractivity contribution in [1.82, 2.24) is 4.57 Å². The molecule has 0 saturated carbocycles. The van der Waals surface area contributed by atoms with Crippen LogP contribution in [0.25, 0.3) is 5.69 Å². The summed E-state index contributed by atoms with van der Waals surface area (Å²) in [6.45, 7) is 3.57. The third-order valence-electron chi connectivity index (χ3n) is 3.09. The Balaban J connectivity index is 2.71. The number of methoxy groups -OCH3 is 1. The lowest BCUT2D eigenvalue weighted by atomic mass is 10.1. The zero-order valence-electron chi connectivity index (χ0n) is 11.3. The van der Waals surface area contributed by atoms with Crippen molar-refractivity contribution >= 4 is 0 Å². The first-order valence-corrected chi connectivity index (χ1v) is 6.05. The number of hydrogen-bond donors (Lipinski definition) is 1. The number of benzene rings is 1. The molecule has 0 spiro atoms. The van der Waals surface area contributed by atoms with Crippen LogP contribution in [0.1, 0.15) is 16.8 Å². The molecular weight excluding hydrogens is 242 g/mol. The largest absolute Gasteiger partial charge is 0.495 e. The minimum atomic E-state index is -0.271. The average Bonchev–Trinajstić information content (AvgIpc) is 2.39. The third-order valence-corrected chi connectivity index (χ3v) is 3.09. The Kier molecular flexibility index (Phi) is 3.71. The molecule has 0 aliphatic rings. The number of nitrogens with zero attached hydrogens (tertiary/aromatic N) is 1. The zero-order chi connectivity index (χ0) is 14.0. The van der Waals surface area contributed by atoms with Gasteiger partial charge >= 0.3 is 0 Å². The number of rotatable bonds is 3. The summed E-state index contributed by atoms with van der Waals surface area (Å²) < 4.78 is 7.21. The quantitative estimate of drug-likeness (QED) is 0.916. The molecule has 100 valence electrons. The van der Waals surface area contributed by atoms with Gasteiger partial charge < -0.3 is 14.4 Å². The van der Waals surface area contributed by atoms with Crippen molar-refractivity contribution in [1.29, 1.82) is 0 Å². The van der Waals surface area contributed by atoms with E-state index in [2.05, 4.69) is 0 Å². The van der Waals surface area contributed by atoms with E-state index in [4.69, 9.17) is 4.74 Å². The van der Waals surface area contributed by atoms with Crippen LogP contribution in [0, 0.1) is 13.8 Å². The van der Waals surface area contributed by atoms with E-state index in [-0.39, 0.29) is 12.0 Å². The molecule has 19 heavy (non-hydrogen) atoms. The van der Waals surface area contributed by atoms with Crippen LogP contribution in [0.5, 0.6) is 5.75 Å². The molecule has 2 rings (SSSR count). The summed E-state index contributed by atoms with van der Waals surface area (Å²) in [4.78, 5) is 11.7. The van der Waals surface area contributed by atoms with Crippen LogP contribution >= 0.6 is 0 Å². The van der Waals surface area contributed by atoms with Crippen molar-refractivity contribution in [2.45, 2.75) is 20.5 Å². The van der Waals surface area contributed by atoms with Gasteiger partial charge in [-0.2, -0.15) is 0 Å². The fourth-order valence-corrected chi connectivity index (χ4v) is 2.04. The van der Waals surface area contributed by atoms with Gasteiger partial charge in [-0.15, -0.1) is 0 Å². The highest BCUT2D eigenvalue weighted by Gasteiger charge is 2.09. The second-order valence-corrected chi connectivity index (χ2v) is 4.51. The molecule has 0 atom stereocenters. The molecule has 1 aromatic heterocycles. The average molecular weight is 259 g/mol. The highest BCUT2D eigenvalue weighted by atomic mass is 16.5. The van der Waals surface area contributed by atoms with Crippen LogP contribution in [0.15, 0.2) is 35.3 Å². The lowest BCUT2D eigenvalue weighted by molar-refractivity contribution is 0.280. The van der Waals surface area contributed by atoms with Gasteiger partial charge in [0.1, 0.15) is 5.75 Å². The van der Waals surface area contributed by atoms with Gasteiger partial charge in [-0.3, -0.25) is 4.79 Å². The molecule has 0 aliphatic carbocycles. The van der Waals surface area contributed by atoms with E-state index in [1.807, 2.05) is 36.6 Å². The van der Waals surface area contributed by atoms with E-state index >= 15 is 0 Å². The van der Waals surface area contributed by atoms with E-state index in [1.54, 1.807) is 13.3 Å². The van der Waals surface area contributed by atoms with Crippen molar-refractivity contribution in [3.8, 4) is 11.4 Å². The van der Waals surface area contributed by atoms with Gasteiger partial charge in [0, 0.05) is 23.5 Å². The second kappa shape index (κ2) is 5.28. The first-order chi connectivity index (χ1) is 9.06. The number of aromatic nitrogens is 1. The fourth-order valence-electron chi connectivity index (χ4n) is 2.04. The smallest absolute Gasteiger partial charge is 0.187 e. The molecule has 0 amide bonds. The Labute approximate surface area is 111 Å². The van der Waals surface area contributed by atoms with Gasteiger partial charge in [0.15, 0.2) is 5.43 Å². The topological polar surface area (TPSA) is 51.5 Å². The number of pyridine rings is 1. The van der Waals surface area contributed by atoms with Crippen molar-refractivity contribution in [3.63, 3.8) is 0 Å². The number of aryl methyl sites for hydroxylation is 2. The molecule has 1 heterocycles. The summed E-state index contributed by atoms with van der Waals surface area (Å²) in [6.07, 6.45) is 1.66. The Hall–Kier alpha value is -2.07. The molecule has 0 saturated heterocycles. The van der Waals surface area contributed by atoms with Gasteiger partial charge in [-0.05, 0) is 31.5 Å². The van der Waals surface area contributed by atoms with Crippen molar-refractivity contribution in [2.75, 3.05) is 7.11 Å². The molecule has 4 heteroatoms. The first kappa shape index (κ1) is 13.4. The van der Waals surface area contributed by atoms with Crippen LogP contribution in [-0.4, -0.2) is 16.8 Å². The maximum atomic E-state index is 11.7. The van der Waals surface area contributed by atoms with Crippen molar-refractivity contribution < 1.29 is 9.84 Å². The molecule has 1 aromatic carbocycles. The molecule has 1 N–H and O–H groups in total. The minimum absolute atomic E-state index is 0.150. The molecule has 0 aliphatic heterocycles. The predicted molar refractivity (Wildman–Crippen MR) is 74.0 cm³/mol. The zero-order valence-corrected chi connectivity index (χ0v) is 11.3. The summed E-state index contributed by atoms with van der Waals surface area (Å²) in [7, 11) is 1.61. The molecule has 2 aromatic rings. The second-order valence-electron chi connectivity index (χ2n) is 4.51. The standard InChI is InChI=1S/C15H17NO3/c1-10-4-5-15(19-3)13(6-10)16-8-12(9-17)14(18)7-11(16)2/h4-8,17H,9H2,1-3H3. The van der Waals surface area contributed by atoms with Crippen molar-refractivity contribution in [3.05, 3.63) is 57.5 Å². The van der Waals surface area contributed by atoms with E-state index in [9.17, 15) is 9.90 Å². The first-order valence-electron chi connectivity index (χ1n) is 6.05. The predicted octanol–water partition coefficient (Wildman–Crippen LogP) is 1.96. The fraction of sp³-hybridized carbons (Fsp3) is 0.267. The van der Waals surface area contributed by atoms with Crippen LogP contribution in [0.3, 0.4) is 0 Å². The van der Waals surface area contributed by atoms with Gasteiger partial charge in [-0.1, -0.05) is 6.07 Å². The summed E-state index contributed by atoms with van der Waals surface area (Å²) in [6, 6.07) is 7.36. The Morgan fingerprint density at radius 1 is 1.26 bits per heavy atom. The lowest BCUT2D eigenvalue weighted by Crippen LogP contribution is -2.14. The van der Waals surface area contributed by atoms with Crippen molar-refractivity contribution in [2.24, 2.45) is 0 Å². The Morgan fingerprint density at radius 3 is 2.63 bits per heavy atom. The maximum absolute atomic E-state index is 11.7. The number of ether oxygens (including phenoxy) is 1. The van der Waals surface area contributed by atoms with Crippen LogP contribution in [0.2, 0.25) is 0 Å². The highest BCUT2D eigenvalue weighted by Crippen LogP contribution is 2.25. The molecular formula is C15H17NO3. The van der Waals surface area contributed by atoms with E-state index < -0.39 is 0 Å². The monoisotopic (exact) mass is 259 g/mol. The summed E-state index contributed by atoms with van der Waals surface area (Å²) >= 11 is 0. The molecule has 4 nitrogen and oxygen atoms in total. The summed E-state index contributed by atoms with van der Waals surface area (Å²) in [5.41, 5.74) is 2.97. The lowest BCUT2D eigenvalue weighted by Gasteiger charge is -2.16. The van der Waals surface area contributed by atoms with E-state index in [1.165, 1.54) is 6.07 Å². The Morgan fingerprint density at radius 2 is 2.00 bits per heavy atom. The van der Waals surface area contributed by atoms with Crippen LogP contribution in [-0.2, 0) is 6.61 Å². The van der Waals surface area contributed by atoms with Gasteiger partial charge in [0.05, 0.1) is 19.4 Å². The molecule has 0 bridgehead atoms. The molecule has 0 unspecified atom stereocenters. The normalized spacial score (nSPS) is 10.5. The SMILES string of the molecule is COc1ccc(C)cc1-n1cc(CO)c(=O)cc1C. The van der Waals surface area contributed by atoms with Crippen LogP contribution < -0.4 is 10.2 Å². The van der Waals surface area contributed by atoms with E-state index in [0.29, 0.717) is 5.56 Å². The highest BCUT2D eigenvalue weighted by molar-refractivity contribution is 5.50. The molecule has 0 radical (unpaired) electrons. The Bertz CT molecular complexity index is 659. The third kappa shape index (κ3) is 2.53. The van der Waals surface area contributed by atoms with Gasteiger partial charge in [0.25, 0.3) is 0 Å². The minimum Gasteiger partial charge on any atom is -0.495 e. The maximum Gasteiger partial charge on any atom is 0.187 e. The van der Waals surface area contributed by atoms with Crippen LogP contribution in [0.4, 0.5) is 0 Å².